The highest BCUT2D eigenvalue weighted by Gasteiger charge is 2.30. The third-order valence-corrected chi connectivity index (χ3v) is 4.92. The fourth-order valence-corrected chi connectivity index (χ4v) is 3.58. The average Bonchev–Trinajstić information content (AvgIpc) is 3.16. The lowest BCUT2D eigenvalue weighted by molar-refractivity contribution is 0.0679. The van der Waals surface area contributed by atoms with Crippen molar-refractivity contribution in [3.63, 3.8) is 0 Å². The first kappa shape index (κ1) is 16.7. The maximum atomic E-state index is 13.8. The van der Waals surface area contributed by atoms with Gasteiger partial charge in [-0.3, -0.25) is 4.79 Å². The first-order valence-electron chi connectivity index (χ1n) is 8.75. The van der Waals surface area contributed by atoms with Gasteiger partial charge >= 0.3 is 0 Å². The molecule has 1 saturated heterocycles. The van der Waals surface area contributed by atoms with Crippen molar-refractivity contribution >= 4 is 16.8 Å². The van der Waals surface area contributed by atoms with Crippen LogP contribution in [0.2, 0.25) is 0 Å². The van der Waals surface area contributed by atoms with Crippen molar-refractivity contribution in [3.05, 3.63) is 66.0 Å². The van der Waals surface area contributed by atoms with Gasteiger partial charge in [-0.15, -0.1) is 0 Å². The van der Waals surface area contributed by atoms with Crippen LogP contribution in [0.1, 0.15) is 23.2 Å². The van der Waals surface area contributed by atoms with Crippen LogP contribution in [0.3, 0.4) is 0 Å². The quantitative estimate of drug-likeness (QED) is 0.785. The van der Waals surface area contributed by atoms with E-state index in [1.807, 2.05) is 30.3 Å². The summed E-state index contributed by atoms with van der Waals surface area (Å²) in [5.74, 6) is -0.585. The summed E-state index contributed by atoms with van der Waals surface area (Å²) in [6.45, 7) is 0.540. The predicted octanol–water partition coefficient (Wildman–Crippen LogP) is 3.64. The summed E-state index contributed by atoms with van der Waals surface area (Å²) in [4.78, 5) is 19.5. The summed E-state index contributed by atoms with van der Waals surface area (Å²) in [6, 6.07) is 15.5. The summed E-state index contributed by atoms with van der Waals surface area (Å²) in [7, 11) is 0. The van der Waals surface area contributed by atoms with Crippen LogP contribution in [-0.2, 0) is 0 Å². The molecule has 1 aliphatic rings. The van der Waals surface area contributed by atoms with Gasteiger partial charge in [0.2, 0.25) is 0 Å². The number of aliphatic hydroxyl groups is 1. The molecule has 132 valence electrons. The van der Waals surface area contributed by atoms with Gasteiger partial charge in [-0.25, -0.2) is 9.37 Å². The molecular formula is C21H19FN2O2. The number of carbonyl (C=O) groups excluding carboxylic acids is 1. The zero-order chi connectivity index (χ0) is 18.1. The Balaban J connectivity index is 1.88. The van der Waals surface area contributed by atoms with Gasteiger partial charge in [0, 0.05) is 17.5 Å². The SMILES string of the molecule is O=C(c1cc(-c2ccccc2)nc2ccc(F)cc12)N1CCC[C@@H]1CO. The molecule has 0 unspecified atom stereocenters. The number of amides is 1. The zero-order valence-electron chi connectivity index (χ0n) is 14.2. The summed E-state index contributed by atoms with van der Waals surface area (Å²) in [5, 5.41) is 10.1. The molecule has 1 amide bonds. The molecule has 2 aromatic carbocycles. The van der Waals surface area contributed by atoms with E-state index in [0.29, 0.717) is 28.7 Å². The number of rotatable bonds is 3. The number of fused-ring (bicyclic) bond motifs is 1. The third kappa shape index (κ3) is 2.95. The number of carbonyl (C=O) groups is 1. The van der Waals surface area contributed by atoms with E-state index in [2.05, 4.69) is 4.98 Å². The van der Waals surface area contributed by atoms with Crippen LogP contribution in [0, 0.1) is 5.82 Å². The van der Waals surface area contributed by atoms with Crippen molar-refractivity contribution in [1.29, 1.82) is 0 Å². The second-order valence-corrected chi connectivity index (χ2v) is 6.56. The van der Waals surface area contributed by atoms with Crippen LogP contribution in [-0.4, -0.2) is 40.1 Å². The number of halogens is 1. The van der Waals surface area contributed by atoms with Crippen LogP contribution >= 0.6 is 0 Å². The lowest BCUT2D eigenvalue weighted by Crippen LogP contribution is -2.37. The Morgan fingerprint density at radius 2 is 2.00 bits per heavy atom. The Bertz CT molecular complexity index is 959. The van der Waals surface area contributed by atoms with Crippen LogP contribution < -0.4 is 0 Å². The van der Waals surface area contributed by atoms with E-state index in [1.165, 1.54) is 12.1 Å². The number of pyridine rings is 1. The first-order chi connectivity index (χ1) is 12.7. The summed E-state index contributed by atoms with van der Waals surface area (Å²) in [6.07, 6.45) is 1.64. The Hall–Kier alpha value is -2.79. The first-order valence-corrected chi connectivity index (χ1v) is 8.75. The standard InChI is InChI=1S/C21H19FN2O2/c22-15-8-9-19-17(11-15)18(21(26)24-10-4-7-16(24)13-25)12-20(23-19)14-5-2-1-3-6-14/h1-3,5-6,8-9,11-12,16,25H,4,7,10,13H2/t16-/m1/s1. The van der Waals surface area contributed by atoms with E-state index in [9.17, 15) is 14.3 Å². The molecule has 0 radical (unpaired) electrons. The molecule has 1 aromatic heterocycles. The molecule has 2 heterocycles. The maximum Gasteiger partial charge on any atom is 0.254 e. The van der Waals surface area contributed by atoms with E-state index in [0.717, 1.165) is 18.4 Å². The second kappa shape index (κ2) is 6.84. The summed E-state index contributed by atoms with van der Waals surface area (Å²) < 4.78 is 13.8. The van der Waals surface area contributed by atoms with Crippen molar-refractivity contribution in [1.82, 2.24) is 9.88 Å². The monoisotopic (exact) mass is 350 g/mol. The molecule has 1 fully saturated rings. The van der Waals surface area contributed by atoms with Crippen LogP contribution in [0.15, 0.2) is 54.6 Å². The summed E-state index contributed by atoms with van der Waals surface area (Å²) in [5.41, 5.74) is 2.57. The second-order valence-electron chi connectivity index (χ2n) is 6.56. The normalized spacial score (nSPS) is 17.0. The van der Waals surface area contributed by atoms with Crippen LogP contribution in [0.5, 0.6) is 0 Å². The Labute approximate surface area is 150 Å². The van der Waals surface area contributed by atoms with Crippen LogP contribution in [0.25, 0.3) is 22.2 Å². The molecule has 4 nitrogen and oxygen atoms in total. The number of benzene rings is 2. The van der Waals surface area contributed by atoms with E-state index >= 15 is 0 Å². The average molecular weight is 350 g/mol. The predicted molar refractivity (Wildman–Crippen MR) is 98.3 cm³/mol. The minimum atomic E-state index is -0.402. The summed E-state index contributed by atoms with van der Waals surface area (Å²) >= 11 is 0. The van der Waals surface area contributed by atoms with Crippen molar-refractivity contribution in [2.24, 2.45) is 0 Å². The van der Waals surface area contributed by atoms with Gasteiger partial charge in [0.1, 0.15) is 5.82 Å². The maximum absolute atomic E-state index is 13.8. The van der Waals surface area contributed by atoms with Crippen molar-refractivity contribution in [2.75, 3.05) is 13.2 Å². The minimum Gasteiger partial charge on any atom is -0.394 e. The molecule has 26 heavy (non-hydrogen) atoms. The number of hydrogen-bond donors (Lipinski definition) is 1. The van der Waals surface area contributed by atoms with Gasteiger partial charge in [0.25, 0.3) is 5.91 Å². The molecule has 3 aromatic rings. The number of nitrogens with zero attached hydrogens (tertiary/aromatic N) is 2. The highest BCUT2D eigenvalue weighted by molar-refractivity contribution is 6.07. The fourth-order valence-electron chi connectivity index (χ4n) is 3.58. The van der Waals surface area contributed by atoms with Gasteiger partial charge < -0.3 is 10.0 Å². The Morgan fingerprint density at radius 3 is 2.77 bits per heavy atom. The Kier molecular flexibility index (Phi) is 4.39. The molecule has 0 aliphatic carbocycles. The molecule has 1 N–H and O–H groups in total. The lowest BCUT2D eigenvalue weighted by atomic mass is 10.0. The molecule has 1 atom stereocenters. The molecule has 0 spiro atoms. The molecular weight excluding hydrogens is 331 g/mol. The number of aromatic nitrogens is 1. The van der Waals surface area contributed by atoms with Crippen molar-refractivity contribution in [2.45, 2.75) is 18.9 Å². The molecule has 4 rings (SSSR count). The lowest BCUT2D eigenvalue weighted by Gasteiger charge is -2.24. The fraction of sp³-hybridized carbons (Fsp3) is 0.238. The van der Waals surface area contributed by atoms with Gasteiger partial charge in [-0.05, 0) is 37.1 Å². The van der Waals surface area contributed by atoms with Gasteiger partial charge in [-0.1, -0.05) is 30.3 Å². The third-order valence-electron chi connectivity index (χ3n) is 4.92. The topological polar surface area (TPSA) is 53.4 Å². The number of likely N-dealkylation sites (tertiary alicyclic amines) is 1. The van der Waals surface area contributed by atoms with Crippen molar-refractivity contribution < 1.29 is 14.3 Å². The number of aliphatic hydroxyl groups excluding tert-OH is 1. The van der Waals surface area contributed by atoms with Crippen molar-refractivity contribution in [3.8, 4) is 11.3 Å². The highest BCUT2D eigenvalue weighted by atomic mass is 19.1. The smallest absolute Gasteiger partial charge is 0.254 e. The Morgan fingerprint density at radius 1 is 1.19 bits per heavy atom. The van der Waals surface area contributed by atoms with E-state index in [4.69, 9.17) is 0 Å². The van der Waals surface area contributed by atoms with Gasteiger partial charge in [0.05, 0.1) is 29.4 Å². The van der Waals surface area contributed by atoms with Crippen LogP contribution in [0.4, 0.5) is 4.39 Å². The molecule has 5 heteroatoms. The van der Waals surface area contributed by atoms with Gasteiger partial charge in [0.15, 0.2) is 0 Å². The molecule has 0 saturated carbocycles. The highest BCUT2D eigenvalue weighted by Crippen LogP contribution is 2.28. The van der Waals surface area contributed by atoms with Gasteiger partial charge in [-0.2, -0.15) is 0 Å². The van der Waals surface area contributed by atoms with E-state index in [1.54, 1.807) is 17.0 Å². The molecule has 1 aliphatic heterocycles. The minimum absolute atomic E-state index is 0.0609. The van der Waals surface area contributed by atoms with E-state index < -0.39 is 5.82 Å². The molecule has 0 bridgehead atoms. The largest absolute Gasteiger partial charge is 0.394 e. The number of hydrogen-bond acceptors (Lipinski definition) is 3. The van der Waals surface area contributed by atoms with E-state index in [-0.39, 0.29) is 18.6 Å². The zero-order valence-corrected chi connectivity index (χ0v) is 14.2.